The van der Waals surface area contributed by atoms with Crippen LogP contribution in [0.3, 0.4) is 0 Å². The van der Waals surface area contributed by atoms with Crippen molar-refractivity contribution in [3.05, 3.63) is 71.8 Å². The van der Waals surface area contributed by atoms with Gasteiger partial charge in [-0.2, -0.15) is 5.10 Å². The zero-order chi connectivity index (χ0) is 22.5. The van der Waals surface area contributed by atoms with Gasteiger partial charge < -0.3 is 15.2 Å². The average molecular weight is 432 g/mol. The van der Waals surface area contributed by atoms with E-state index in [1.807, 2.05) is 31.2 Å². The fourth-order valence-electron chi connectivity index (χ4n) is 4.29. The zero-order valence-corrected chi connectivity index (χ0v) is 18.5. The van der Waals surface area contributed by atoms with Crippen molar-refractivity contribution in [3.8, 4) is 5.69 Å². The summed E-state index contributed by atoms with van der Waals surface area (Å²) in [7, 11) is 0. The number of para-hydroxylation sites is 1. The second-order valence-corrected chi connectivity index (χ2v) is 8.30. The quantitative estimate of drug-likeness (QED) is 0.555. The van der Waals surface area contributed by atoms with Gasteiger partial charge in [-0.15, -0.1) is 0 Å². The van der Waals surface area contributed by atoms with Crippen LogP contribution in [0, 0.1) is 13.8 Å². The van der Waals surface area contributed by atoms with Crippen LogP contribution in [0.2, 0.25) is 0 Å². The van der Waals surface area contributed by atoms with Gasteiger partial charge in [0.1, 0.15) is 6.54 Å². The first-order chi connectivity index (χ1) is 15.5. The third-order valence-corrected chi connectivity index (χ3v) is 5.83. The summed E-state index contributed by atoms with van der Waals surface area (Å²) in [6.07, 6.45) is 11.0. The fraction of sp³-hybridized carbons (Fsp3) is 0.320. The number of amides is 2. The maximum Gasteiger partial charge on any atom is 0.248 e. The van der Waals surface area contributed by atoms with Gasteiger partial charge in [0.15, 0.2) is 0 Å². The molecule has 2 amide bonds. The highest BCUT2D eigenvalue weighted by atomic mass is 16.2. The molecule has 1 fully saturated rings. The van der Waals surface area contributed by atoms with E-state index in [2.05, 4.69) is 45.4 Å². The molecule has 1 aromatic carbocycles. The van der Waals surface area contributed by atoms with E-state index >= 15 is 0 Å². The normalized spacial score (nSPS) is 14.2. The molecule has 2 heterocycles. The summed E-state index contributed by atoms with van der Waals surface area (Å²) in [5.74, 6) is -0.295. The SMILES string of the molecule is Cc1cc(/C=C/C(=O)Nc2cnn(CC(=O)NC3CCCC3)c2)c(C)n1-c1ccccc1. The van der Waals surface area contributed by atoms with E-state index < -0.39 is 0 Å². The van der Waals surface area contributed by atoms with Crippen molar-refractivity contribution in [2.24, 2.45) is 0 Å². The van der Waals surface area contributed by atoms with E-state index in [9.17, 15) is 9.59 Å². The summed E-state index contributed by atoms with van der Waals surface area (Å²) in [5.41, 5.74) is 4.81. The second kappa shape index (κ2) is 9.68. The number of rotatable bonds is 7. The maximum atomic E-state index is 12.4. The first-order valence-electron chi connectivity index (χ1n) is 11.0. The monoisotopic (exact) mass is 431 g/mol. The van der Waals surface area contributed by atoms with E-state index in [1.54, 1.807) is 12.4 Å². The van der Waals surface area contributed by atoms with Crippen molar-refractivity contribution < 1.29 is 9.59 Å². The Labute approximate surface area is 188 Å². The Morgan fingerprint density at radius 1 is 1.16 bits per heavy atom. The summed E-state index contributed by atoms with van der Waals surface area (Å²) in [4.78, 5) is 24.6. The van der Waals surface area contributed by atoms with Crippen LogP contribution in [0.15, 0.2) is 54.9 Å². The highest BCUT2D eigenvalue weighted by Gasteiger charge is 2.17. The molecule has 7 heteroatoms. The van der Waals surface area contributed by atoms with Gasteiger partial charge in [0.05, 0.1) is 11.9 Å². The Kier molecular flexibility index (Phi) is 6.54. The molecule has 166 valence electrons. The molecule has 3 aromatic rings. The van der Waals surface area contributed by atoms with Crippen LogP contribution < -0.4 is 10.6 Å². The summed E-state index contributed by atoms with van der Waals surface area (Å²) in [6, 6.07) is 12.5. The molecule has 0 bridgehead atoms. The molecule has 0 radical (unpaired) electrons. The highest BCUT2D eigenvalue weighted by Crippen LogP contribution is 2.22. The van der Waals surface area contributed by atoms with Gasteiger partial charge in [0.2, 0.25) is 11.8 Å². The van der Waals surface area contributed by atoms with E-state index in [4.69, 9.17) is 0 Å². The lowest BCUT2D eigenvalue weighted by molar-refractivity contribution is -0.122. The van der Waals surface area contributed by atoms with Gasteiger partial charge in [-0.1, -0.05) is 31.0 Å². The van der Waals surface area contributed by atoms with Gasteiger partial charge in [-0.3, -0.25) is 14.3 Å². The molecule has 0 spiro atoms. The molecule has 7 nitrogen and oxygen atoms in total. The Morgan fingerprint density at radius 3 is 2.66 bits per heavy atom. The molecule has 32 heavy (non-hydrogen) atoms. The molecule has 2 N–H and O–H groups in total. The van der Waals surface area contributed by atoms with Crippen LogP contribution in [-0.2, 0) is 16.1 Å². The number of aryl methyl sites for hydroxylation is 1. The minimum atomic E-state index is -0.246. The summed E-state index contributed by atoms with van der Waals surface area (Å²) >= 11 is 0. The van der Waals surface area contributed by atoms with Crippen molar-refractivity contribution in [3.63, 3.8) is 0 Å². The van der Waals surface area contributed by atoms with Gasteiger partial charge >= 0.3 is 0 Å². The maximum absolute atomic E-state index is 12.4. The lowest BCUT2D eigenvalue weighted by Gasteiger charge is -2.11. The number of hydrogen-bond donors (Lipinski definition) is 2. The molecule has 0 aliphatic heterocycles. The molecule has 1 aliphatic rings. The average Bonchev–Trinajstić information content (AvgIpc) is 3.49. The van der Waals surface area contributed by atoms with E-state index in [-0.39, 0.29) is 24.4 Å². The van der Waals surface area contributed by atoms with Crippen molar-refractivity contribution in [2.75, 3.05) is 5.32 Å². The Morgan fingerprint density at radius 2 is 1.91 bits per heavy atom. The van der Waals surface area contributed by atoms with E-state index in [0.717, 1.165) is 35.5 Å². The molecule has 1 aliphatic carbocycles. The lowest BCUT2D eigenvalue weighted by atomic mass is 10.2. The van der Waals surface area contributed by atoms with Gasteiger partial charge in [0.25, 0.3) is 0 Å². The first-order valence-corrected chi connectivity index (χ1v) is 11.0. The summed E-state index contributed by atoms with van der Waals surface area (Å²) < 4.78 is 3.70. The molecule has 0 unspecified atom stereocenters. The predicted molar refractivity (Wildman–Crippen MR) is 126 cm³/mol. The number of nitrogens with zero attached hydrogens (tertiary/aromatic N) is 3. The lowest BCUT2D eigenvalue weighted by Crippen LogP contribution is -2.35. The number of aromatic nitrogens is 3. The smallest absolute Gasteiger partial charge is 0.248 e. The number of anilines is 1. The Balaban J connectivity index is 1.35. The van der Waals surface area contributed by atoms with Crippen LogP contribution in [0.4, 0.5) is 5.69 Å². The molecule has 1 saturated carbocycles. The van der Waals surface area contributed by atoms with Gasteiger partial charge in [-0.25, -0.2) is 0 Å². The van der Waals surface area contributed by atoms with Gasteiger partial charge in [0, 0.05) is 35.4 Å². The van der Waals surface area contributed by atoms with Crippen molar-refractivity contribution in [1.82, 2.24) is 19.7 Å². The Bertz CT molecular complexity index is 1120. The topological polar surface area (TPSA) is 80.9 Å². The third kappa shape index (κ3) is 5.17. The number of benzene rings is 1. The highest BCUT2D eigenvalue weighted by molar-refractivity contribution is 6.01. The molecular formula is C25H29N5O2. The van der Waals surface area contributed by atoms with Crippen molar-refractivity contribution in [1.29, 1.82) is 0 Å². The number of nitrogens with one attached hydrogen (secondary N) is 2. The zero-order valence-electron chi connectivity index (χ0n) is 18.5. The molecular weight excluding hydrogens is 402 g/mol. The Hall–Kier alpha value is -3.61. The van der Waals surface area contributed by atoms with Crippen LogP contribution in [0.5, 0.6) is 0 Å². The number of hydrogen-bond acceptors (Lipinski definition) is 3. The summed E-state index contributed by atoms with van der Waals surface area (Å²) in [6.45, 7) is 4.24. The van der Waals surface area contributed by atoms with E-state index in [0.29, 0.717) is 5.69 Å². The fourth-order valence-corrected chi connectivity index (χ4v) is 4.29. The largest absolute Gasteiger partial charge is 0.352 e. The first kappa shape index (κ1) is 21.6. The van der Waals surface area contributed by atoms with Crippen molar-refractivity contribution in [2.45, 2.75) is 52.1 Å². The minimum absolute atomic E-state index is 0.0495. The molecule has 0 saturated heterocycles. The van der Waals surface area contributed by atoms with Crippen molar-refractivity contribution >= 4 is 23.6 Å². The second-order valence-electron chi connectivity index (χ2n) is 8.30. The number of carbonyl (C=O) groups is 2. The molecule has 4 rings (SSSR count). The minimum Gasteiger partial charge on any atom is -0.352 e. The van der Waals surface area contributed by atoms with Gasteiger partial charge in [-0.05, 0) is 56.5 Å². The third-order valence-electron chi connectivity index (χ3n) is 5.83. The van der Waals surface area contributed by atoms with Crippen LogP contribution in [0.25, 0.3) is 11.8 Å². The molecule has 2 aromatic heterocycles. The van der Waals surface area contributed by atoms with Crippen LogP contribution in [-0.4, -0.2) is 32.2 Å². The number of carbonyl (C=O) groups excluding carboxylic acids is 2. The van der Waals surface area contributed by atoms with Crippen LogP contribution in [0.1, 0.15) is 42.6 Å². The summed E-state index contributed by atoms with van der Waals surface area (Å²) in [5, 5.41) is 10.0. The van der Waals surface area contributed by atoms with E-state index in [1.165, 1.54) is 23.6 Å². The van der Waals surface area contributed by atoms with Crippen LogP contribution >= 0.6 is 0 Å². The standard InChI is InChI=1S/C25H29N5O2/c1-18-14-20(19(2)30(18)23-10-4-3-5-11-23)12-13-24(31)28-22-15-26-29(16-22)17-25(32)27-21-8-6-7-9-21/h3-5,10-16,21H,6-9,17H2,1-2H3,(H,27,32)(H,28,31)/b13-12+. The molecule has 0 atom stereocenters. The predicted octanol–water partition coefficient (Wildman–Crippen LogP) is 4.00.